The zero-order valence-electron chi connectivity index (χ0n) is 40.4. The molecule has 3 saturated heterocycles. The van der Waals surface area contributed by atoms with E-state index < -0.39 is 54.2 Å². The minimum Gasteiger partial charge on any atom is -0.497 e. The molecule has 372 valence electrons. The van der Waals surface area contributed by atoms with Crippen molar-refractivity contribution in [1.29, 1.82) is 0 Å². The first-order valence-corrected chi connectivity index (χ1v) is 24.3. The van der Waals surface area contributed by atoms with Crippen molar-refractivity contribution < 1.29 is 71.7 Å². The van der Waals surface area contributed by atoms with E-state index in [0.29, 0.717) is 55.0 Å². The first-order valence-electron chi connectivity index (χ1n) is 22.6. The smallest absolute Gasteiger partial charge is 0.310 e. The first-order chi connectivity index (χ1) is 34.0. The van der Waals surface area contributed by atoms with E-state index in [2.05, 4.69) is 0 Å². The fourth-order valence-corrected chi connectivity index (χ4v) is 10.8. The maximum atomic E-state index is 13.4. The minimum atomic E-state index is -0.939. The lowest BCUT2D eigenvalue weighted by molar-refractivity contribution is -0.242. The molecule has 1 unspecified atom stereocenters. The van der Waals surface area contributed by atoms with Gasteiger partial charge in [-0.1, -0.05) is 0 Å². The third-order valence-corrected chi connectivity index (χ3v) is 14.3. The van der Waals surface area contributed by atoms with E-state index >= 15 is 0 Å². The van der Waals surface area contributed by atoms with Crippen molar-refractivity contribution >= 4 is 46.2 Å². The van der Waals surface area contributed by atoms with E-state index in [1.165, 1.54) is 22.7 Å². The number of carbonyl (C=O) groups is 4. The second kappa shape index (κ2) is 21.5. The number of fused-ring (bicyclic) bond motifs is 3. The summed E-state index contributed by atoms with van der Waals surface area (Å²) in [6, 6.07) is 32.0. The number of hydrogen-bond donors (Lipinski definition) is 1. The van der Waals surface area contributed by atoms with Gasteiger partial charge in [-0.15, -0.1) is 22.7 Å². The zero-order valence-corrected chi connectivity index (χ0v) is 42.0. The molecule has 1 N–H and O–H groups in total. The Hall–Kier alpha value is -6.44. The highest BCUT2D eigenvalue weighted by molar-refractivity contribution is 7.18. The van der Waals surface area contributed by atoms with Gasteiger partial charge < -0.3 is 52.5 Å². The average molecular weight is 1010 g/mol. The molecule has 6 aromatic rings. The number of aliphatic carboxylic acids is 1. The molecule has 2 aromatic heterocycles. The molecule has 4 aromatic carbocycles. The van der Waals surface area contributed by atoms with E-state index in [-0.39, 0.29) is 31.0 Å². The third-order valence-electron chi connectivity index (χ3n) is 11.8. The van der Waals surface area contributed by atoms with Gasteiger partial charge in [0.1, 0.15) is 54.0 Å². The van der Waals surface area contributed by atoms with E-state index in [1.54, 1.807) is 89.1 Å². The van der Waals surface area contributed by atoms with Crippen LogP contribution in [0.1, 0.15) is 69.3 Å². The van der Waals surface area contributed by atoms with E-state index in [1.807, 2.05) is 76.2 Å². The Morgan fingerprint density at radius 2 is 0.930 bits per heavy atom. The number of carboxylic acids is 1. The molecule has 9 rings (SSSR count). The quantitative estimate of drug-likeness (QED) is 0.0715. The topological polar surface area (TPSA) is 181 Å². The van der Waals surface area contributed by atoms with Gasteiger partial charge in [0.25, 0.3) is 0 Å². The molecular formula is C54H54O15S2. The van der Waals surface area contributed by atoms with Crippen molar-refractivity contribution in [3.05, 3.63) is 141 Å². The summed E-state index contributed by atoms with van der Waals surface area (Å²) in [4.78, 5) is 53.4. The van der Waals surface area contributed by atoms with Crippen LogP contribution in [0.2, 0.25) is 0 Å². The number of ketones is 2. The molecule has 3 aliphatic rings. The number of thiophene rings is 2. The molecule has 17 heteroatoms. The van der Waals surface area contributed by atoms with Crippen LogP contribution in [0.25, 0.3) is 20.9 Å². The molecule has 0 bridgehead atoms. The Balaban J connectivity index is 0.000000214. The minimum absolute atomic E-state index is 0.0455. The Bertz CT molecular complexity index is 2850. The molecule has 0 radical (unpaired) electrons. The summed E-state index contributed by atoms with van der Waals surface area (Å²) in [6.45, 7) is 7.22. The molecule has 0 saturated carbocycles. The lowest BCUT2D eigenvalue weighted by Crippen LogP contribution is -2.56. The summed E-state index contributed by atoms with van der Waals surface area (Å²) in [5.74, 6) is -0.658. The molecule has 5 atom stereocenters. The van der Waals surface area contributed by atoms with Crippen molar-refractivity contribution in [2.45, 2.75) is 82.8 Å². The SMILES string of the molecule is COc1ccc(C(=O)c2cc(CC(=O)O)c(-c3ccc(OC)cc3)s2)cc1.COc1ccc(C(=O)c2cc(CC(=O)OCC3O[C@H]4OC(C)(C)O[C@H]4[C@H]4OC(C)(C)O[C@@H]34)c(-c3ccc(OC)cc3)s2)cc1. The second-order valence-corrected chi connectivity index (χ2v) is 19.7. The van der Waals surface area contributed by atoms with Gasteiger partial charge in [-0.25, -0.2) is 0 Å². The summed E-state index contributed by atoms with van der Waals surface area (Å²) < 4.78 is 57.0. The predicted molar refractivity (Wildman–Crippen MR) is 264 cm³/mol. The van der Waals surface area contributed by atoms with Crippen molar-refractivity contribution in [2.75, 3.05) is 35.0 Å². The van der Waals surface area contributed by atoms with Crippen LogP contribution >= 0.6 is 22.7 Å². The van der Waals surface area contributed by atoms with Crippen molar-refractivity contribution in [3.8, 4) is 43.9 Å². The maximum absolute atomic E-state index is 13.4. The van der Waals surface area contributed by atoms with Gasteiger partial charge in [-0.05, 0) is 159 Å². The van der Waals surface area contributed by atoms with E-state index in [4.69, 9.17) is 47.4 Å². The lowest BCUT2D eigenvalue weighted by atomic mass is 9.99. The molecule has 3 aliphatic heterocycles. The summed E-state index contributed by atoms with van der Waals surface area (Å²) >= 11 is 2.62. The van der Waals surface area contributed by atoms with Crippen LogP contribution in [0.15, 0.2) is 109 Å². The molecule has 0 amide bonds. The van der Waals surface area contributed by atoms with Crippen LogP contribution in [0, 0.1) is 0 Å². The molecule has 71 heavy (non-hydrogen) atoms. The van der Waals surface area contributed by atoms with Crippen LogP contribution in [0.3, 0.4) is 0 Å². The fraction of sp³-hybridized carbons (Fsp3) is 0.333. The lowest BCUT2D eigenvalue weighted by Gasteiger charge is -2.36. The Morgan fingerprint density at radius 1 is 0.535 bits per heavy atom. The number of esters is 1. The second-order valence-electron chi connectivity index (χ2n) is 17.6. The Labute approximate surface area is 419 Å². The van der Waals surface area contributed by atoms with Crippen molar-refractivity contribution in [3.63, 3.8) is 0 Å². The van der Waals surface area contributed by atoms with Gasteiger partial charge in [-0.3, -0.25) is 19.2 Å². The standard InChI is InChI=1S/C33H36O10S.C21H18O5S/c1-32(2)40-27-23(39-31-29(28(27)41-32)42-33(3,4)43-31)17-38-25(34)16-20-15-24(26(35)18-7-11-21(36-5)12-8-18)44-30(20)19-9-13-22(37-6)14-10-19;1-25-16-7-3-13(4-8-16)20(24)18-11-15(12-19(22)23)21(27-18)14-5-9-17(26-2)10-6-14/h7-15,23,27-29,31H,16-17H2,1-6H3;3-11H,12H2,1-2H3,(H,22,23)/t23?,27-,28-,29-,31-;/m0./s1. The summed E-state index contributed by atoms with van der Waals surface area (Å²) in [5, 5.41) is 9.23. The van der Waals surface area contributed by atoms with Crippen molar-refractivity contribution in [1.82, 2.24) is 0 Å². The number of ether oxygens (including phenoxy) is 10. The molecule has 15 nitrogen and oxygen atoms in total. The van der Waals surface area contributed by atoms with Crippen LogP contribution in [-0.2, 0) is 50.9 Å². The van der Waals surface area contributed by atoms with E-state index in [9.17, 15) is 24.3 Å². The van der Waals surface area contributed by atoms with Crippen LogP contribution in [0.4, 0.5) is 0 Å². The average Bonchev–Trinajstić information content (AvgIpc) is 4.14. The van der Waals surface area contributed by atoms with Crippen LogP contribution < -0.4 is 18.9 Å². The highest BCUT2D eigenvalue weighted by Crippen LogP contribution is 2.44. The highest BCUT2D eigenvalue weighted by Gasteiger charge is 2.61. The molecular weight excluding hydrogens is 953 g/mol. The monoisotopic (exact) mass is 1010 g/mol. The van der Waals surface area contributed by atoms with Crippen molar-refractivity contribution in [2.24, 2.45) is 0 Å². The number of carbonyl (C=O) groups excluding carboxylic acids is 3. The van der Waals surface area contributed by atoms with Gasteiger partial charge in [0.15, 0.2) is 17.9 Å². The number of hydrogen-bond acceptors (Lipinski definition) is 16. The zero-order chi connectivity index (χ0) is 50.6. The van der Waals surface area contributed by atoms with Crippen LogP contribution in [-0.4, -0.2) is 106 Å². The molecule has 3 fully saturated rings. The number of rotatable bonds is 16. The summed E-state index contributed by atoms with van der Waals surface area (Å²) in [7, 11) is 6.32. The highest BCUT2D eigenvalue weighted by atomic mass is 32.1. The summed E-state index contributed by atoms with van der Waals surface area (Å²) in [5.41, 5.74) is 4.06. The number of carboxylic acid groups (broad SMARTS) is 1. The Kier molecular flexibility index (Phi) is 15.4. The molecule has 0 spiro atoms. The largest absolute Gasteiger partial charge is 0.497 e. The van der Waals surface area contributed by atoms with Crippen LogP contribution in [0.5, 0.6) is 23.0 Å². The van der Waals surface area contributed by atoms with Gasteiger partial charge in [0, 0.05) is 20.9 Å². The third kappa shape index (κ3) is 11.9. The number of methoxy groups -OCH3 is 4. The normalized spacial score (nSPS) is 20.4. The summed E-state index contributed by atoms with van der Waals surface area (Å²) in [6.07, 6.45) is -2.93. The molecule has 5 heterocycles. The Morgan fingerprint density at radius 3 is 1.37 bits per heavy atom. The molecule has 0 aliphatic carbocycles. The maximum Gasteiger partial charge on any atom is 0.310 e. The fourth-order valence-electron chi connectivity index (χ4n) is 8.46. The van der Waals surface area contributed by atoms with E-state index in [0.717, 1.165) is 20.9 Å². The predicted octanol–water partition coefficient (Wildman–Crippen LogP) is 9.44. The number of benzene rings is 4. The first kappa shape index (κ1) is 50.9. The van der Waals surface area contributed by atoms with Gasteiger partial charge in [0.05, 0.1) is 51.0 Å². The van der Waals surface area contributed by atoms with Gasteiger partial charge >= 0.3 is 11.9 Å². The van der Waals surface area contributed by atoms with Gasteiger partial charge in [-0.2, -0.15) is 0 Å². The van der Waals surface area contributed by atoms with Gasteiger partial charge in [0.2, 0.25) is 11.6 Å².